The van der Waals surface area contributed by atoms with E-state index < -0.39 is 0 Å². The molecule has 110 valence electrons. The first-order chi connectivity index (χ1) is 9.52. The fourth-order valence-electron chi connectivity index (χ4n) is 2.70. The van der Waals surface area contributed by atoms with E-state index in [-0.39, 0.29) is 5.91 Å². The van der Waals surface area contributed by atoms with Gasteiger partial charge in [0, 0.05) is 17.6 Å². The van der Waals surface area contributed by atoms with Crippen molar-refractivity contribution < 1.29 is 9.53 Å². The quantitative estimate of drug-likeness (QED) is 0.831. The van der Waals surface area contributed by atoms with E-state index in [1.54, 1.807) is 25.3 Å². The monoisotopic (exact) mass is 277 g/mol. The summed E-state index contributed by atoms with van der Waals surface area (Å²) in [5.41, 5.74) is 9.86. The summed E-state index contributed by atoms with van der Waals surface area (Å²) in [5.74, 6) is 0.459. The Morgan fingerprint density at radius 1 is 1.35 bits per heavy atom. The number of piperidine rings is 1. The van der Waals surface area contributed by atoms with Crippen LogP contribution in [0, 0.1) is 0 Å². The van der Waals surface area contributed by atoms with Gasteiger partial charge in [-0.25, -0.2) is 5.01 Å². The molecule has 1 heterocycles. The van der Waals surface area contributed by atoms with Gasteiger partial charge in [-0.05, 0) is 44.9 Å². The van der Waals surface area contributed by atoms with Crippen LogP contribution in [0.1, 0.15) is 43.5 Å². The van der Waals surface area contributed by atoms with Crippen molar-refractivity contribution in [2.24, 2.45) is 0 Å². The second-order valence-electron chi connectivity index (χ2n) is 5.43. The molecule has 2 rings (SSSR count). The molecule has 0 bridgehead atoms. The van der Waals surface area contributed by atoms with Gasteiger partial charge in [-0.3, -0.25) is 10.2 Å². The van der Waals surface area contributed by atoms with Crippen LogP contribution in [0.5, 0.6) is 5.75 Å². The Balaban J connectivity index is 2.09. The number of benzene rings is 1. The first-order valence-corrected chi connectivity index (χ1v) is 7.05. The van der Waals surface area contributed by atoms with Gasteiger partial charge in [-0.15, -0.1) is 0 Å². The standard InChI is InChI=1S/C15H23N3O2/c1-10-5-4-6-11(2)18(10)17-15(19)12-7-8-14(20-3)13(16)9-12/h7-11H,4-6,16H2,1-3H3,(H,17,19). The zero-order valence-corrected chi connectivity index (χ0v) is 12.3. The molecule has 5 nitrogen and oxygen atoms in total. The second-order valence-corrected chi connectivity index (χ2v) is 5.43. The van der Waals surface area contributed by atoms with E-state index in [0.29, 0.717) is 29.1 Å². The van der Waals surface area contributed by atoms with Gasteiger partial charge in [-0.1, -0.05) is 6.42 Å². The lowest BCUT2D eigenvalue weighted by Crippen LogP contribution is -2.54. The number of hydrazine groups is 1. The fourth-order valence-corrected chi connectivity index (χ4v) is 2.70. The number of amides is 1. The smallest absolute Gasteiger partial charge is 0.265 e. The van der Waals surface area contributed by atoms with Crippen molar-refractivity contribution in [2.75, 3.05) is 12.8 Å². The van der Waals surface area contributed by atoms with Crippen molar-refractivity contribution in [2.45, 2.75) is 45.2 Å². The molecule has 0 aliphatic carbocycles. The molecule has 5 heteroatoms. The molecular formula is C15H23N3O2. The molecule has 1 aromatic rings. The van der Waals surface area contributed by atoms with Gasteiger partial charge in [-0.2, -0.15) is 0 Å². The highest BCUT2D eigenvalue weighted by molar-refractivity contribution is 5.95. The Bertz CT molecular complexity index is 480. The molecule has 0 radical (unpaired) electrons. The Labute approximate surface area is 120 Å². The largest absolute Gasteiger partial charge is 0.495 e. The predicted octanol–water partition coefficient (Wildman–Crippen LogP) is 2.19. The summed E-state index contributed by atoms with van der Waals surface area (Å²) in [7, 11) is 1.56. The third-order valence-corrected chi connectivity index (χ3v) is 3.92. The molecule has 1 aliphatic rings. The highest BCUT2D eigenvalue weighted by atomic mass is 16.5. The SMILES string of the molecule is COc1ccc(C(=O)NN2C(C)CCCC2C)cc1N. The van der Waals surface area contributed by atoms with Crippen molar-refractivity contribution in [1.29, 1.82) is 0 Å². The lowest BCUT2D eigenvalue weighted by atomic mass is 10.00. The molecular weight excluding hydrogens is 254 g/mol. The zero-order chi connectivity index (χ0) is 14.7. The summed E-state index contributed by atoms with van der Waals surface area (Å²) < 4.78 is 5.10. The average Bonchev–Trinajstić information content (AvgIpc) is 2.42. The summed E-state index contributed by atoms with van der Waals surface area (Å²) in [6.07, 6.45) is 3.43. The van der Waals surface area contributed by atoms with E-state index in [2.05, 4.69) is 19.3 Å². The average molecular weight is 277 g/mol. The number of hydrogen-bond acceptors (Lipinski definition) is 4. The minimum absolute atomic E-state index is 0.125. The maximum absolute atomic E-state index is 12.3. The topological polar surface area (TPSA) is 67.6 Å². The minimum atomic E-state index is -0.125. The Morgan fingerprint density at radius 2 is 2.00 bits per heavy atom. The van der Waals surface area contributed by atoms with E-state index in [4.69, 9.17) is 10.5 Å². The van der Waals surface area contributed by atoms with Crippen LogP contribution in [0.25, 0.3) is 0 Å². The Kier molecular flexibility index (Phi) is 4.49. The van der Waals surface area contributed by atoms with E-state index >= 15 is 0 Å². The van der Waals surface area contributed by atoms with Crippen molar-refractivity contribution >= 4 is 11.6 Å². The highest BCUT2D eigenvalue weighted by Crippen LogP contribution is 2.23. The van der Waals surface area contributed by atoms with Crippen molar-refractivity contribution in [3.8, 4) is 5.75 Å². The molecule has 1 aromatic carbocycles. The van der Waals surface area contributed by atoms with Gasteiger partial charge >= 0.3 is 0 Å². The minimum Gasteiger partial charge on any atom is -0.495 e. The third-order valence-electron chi connectivity index (χ3n) is 3.92. The summed E-state index contributed by atoms with van der Waals surface area (Å²) in [4.78, 5) is 12.3. The molecule has 20 heavy (non-hydrogen) atoms. The van der Waals surface area contributed by atoms with Gasteiger partial charge < -0.3 is 10.5 Å². The summed E-state index contributed by atoms with van der Waals surface area (Å²) in [5, 5.41) is 2.05. The van der Waals surface area contributed by atoms with Crippen LogP contribution in [0.2, 0.25) is 0 Å². The zero-order valence-electron chi connectivity index (χ0n) is 12.3. The summed E-state index contributed by atoms with van der Waals surface area (Å²) in [6, 6.07) is 5.81. The first-order valence-electron chi connectivity index (χ1n) is 7.05. The number of nitrogens with two attached hydrogens (primary N) is 1. The lowest BCUT2D eigenvalue weighted by molar-refractivity contribution is 0.0370. The molecule has 0 spiro atoms. The van der Waals surface area contributed by atoms with Crippen LogP contribution >= 0.6 is 0 Å². The van der Waals surface area contributed by atoms with Gasteiger partial charge in [0.25, 0.3) is 5.91 Å². The summed E-state index contributed by atoms with van der Waals surface area (Å²) >= 11 is 0. The number of rotatable bonds is 3. The third kappa shape index (κ3) is 3.04. The number of nitrogens with zero attached hydrogens (tertiary/aromatic N) is 1. The number of carbonyl (C=O) groups is 1. The molecule has 0 aromatic heterocycles. The number of ether oxygens (including phenoxy) is 1. The molecule has 2 unspecified atom stereocenters. The van der Waals surface area contributed by atoms with Crippen LogP contribution in [0.15, 0.2) is 18.2 Å². The van der Waals surface area contributed by atoms with Crippen molar-refractivity contribution in [3.05, 3.63) is 23.8 Å². The van der Waals surface area contributed by atoms with Gasteiger partial charge in [0.1, 0.15) is 5.75 Å². The molecule has 1 fully saturated rings. The van der Waals surface area contributed by atoms with E-state index in [1.807, 2.05) is 5.01 Å². The highest BCUT2D eigenvalue weighted by Gasteiger charge is 2.26. The Morgan fingerprint density at radius 3 is 2.55 bits per heavy atom. The molecule has 2 atom stereocenters. The van der Waals surface area contributed by atoms with Crippen LogP contribution in [0.4, 0.5) is 5.69 Å². The molecule has 1 aliphatic heterocycles. The molecule has 3 N–H and O–H groups in total. The van der Waals surface area contributed by atoms with E-state index in [9.17, 15) is 4.79 Å². The van der Waals surface area contributed by atoms with E-state index in [0.717, 1.165) is 12.8 Å². The number of carbonyl (C=O) groups excluding carboxylic acids is 1. The van der Waals surface area contributed by atoms with Gasteiger partial charge in [0.2, 0.25) is 0 Å². The lowest BCUT2D eigenvalue weighted by Gasteiger charge is -2.38. The maximum atomic E-state index is 12.3. The first kappa shape index (κ1) is 14.7. The molecule has 0 saturated carbocycles. The summed E-state index contributed by atoms with van der Waals surface area (Å²) in [6.45, 7) is 4.27. The maximum Gasteiger partial charge on any atom is 0.265 e. The van der Waals surface area contributed by atoms with Gasteiger partial charge in [0.05, 0.1) is 12.8 Å². The molecule has 1 amide bonds. The van der Waals surface area contributed by atoms with Crippen LogP contribution in [0.3, 0.4) is 0 Å². The van der Waals surface area contributed by atoms with Crippen LogP contribution in [-0.4, -0.2) is 30.1 Å². The number of hydrogen-bond donors (Lipinski definition) is 2. The predicted molar refractivity (Wildman–Crippen MR) is 79.5 cm³/mol. The van der Waals surface area contributed by atoms with Crippen LogP contribution < -0.4 is 15.9 Å². The number of nitrogen functional groups attached to an aromatic ring is 1. The number of nitrogens with one attached hydrogen (secondary N) is 1. The second kappa shape index (κ2) is 6.13. The Hall–Kier alpha value is -1.75. The normalized spacial score (nSPS) is 23.4. The fraction of sp³-hybridized carbons (Fsp3) is 0.533. The number of anilines is 1. The van der Waals surface area contributed by atoms with Crippen molar-refractivity contribution in [3.63, 3.8) is 0 Å². The van der Waals surface area contributed by atoms with Gasteiger partial charge in [0.15, 0.2) is 0 Å². The molecule has 1 saturated heterocycles. The van der Waals surface area contributed by atoms with Crippen LogP contribution in [-0.2, 0) is 0 Å². The van der Waals surface area contributed by atoms with E-state index in [1.165, 1.54) is 6.42 Å². The number of methoxy groups -OCH3 is 1. The van der Waals surface area contributed by atoms with Crippen molar-refractivity contribution in [1.82, 2.24) is 10.4 Å².